The van der Waals surface area contributed by atoms with Gasteiger partial charge < -0.3 is 10.1 Å². The topological polar surface area (TPSA) is 85.6 Å². The predicted molar refractivity (Wildman–Crippen MR) is 98.9 cm³/mol. The van der Waals surface area contributed by atoms with Gasteiger partial charge in [0.2, 0.25) is 5.91 Å². The molecule has 2 heterocycles. The lowest BCUT2D eigenvalue weighted by Crippen LogP contribution is -2.42. The van der Waals surface area contributed by atoms with E-state index in [1.54, 1.807) is 0 Å². The molecule has 0 saturated carbocycles. The molecule has 0 saturated heterocycles. The number of hydrogen-bond acceptors (Lipinski definition) is 5. The average molecular weight is 360 g/mol. The number of fused-ring (bicyclic) bond motifs is 1. The number of nitrogens with one attached hydrogen (secondary N) is 1. The molecule has 0 aliphatic rings. The van der Waals surface area contributed by atoms with Gasteiger partial charge >= 0.3 is 5.97 Å². The largest absolute Gasteiger partial charge is 0.467 e. The average Bonchev–Trinajstić information content (AvgIpc) is 2.93. The van der Waals surface area contributed by atoms with Crippen LogP contribution in [0, 0.1) is 26.7 Å². The van der Waals surface area contributed by atoms with Gasteiger partial charge in [-0.1, -0.05) is 13.8 Å². The van der Waals surface area contributed by atoms with Gasteiger partial charge in [0.05, 0.1) is 12.8 Å². The van der Waals surface area contributed by atoms with Crippen molar-refractivity contribution in [3.63, 3.8) is 0 Å². The minimum atomic E-state index is -0.607. The minimum Gasteiger partial charge on any atom is -0.467 e. The summed E-state index contributed by atoms with van der Waals surface area (Å²) >= 11 is 0. The highest BCUT2D eigenvalue weighted by molar-refractivity contribution is 5.84. The maximum Gasteiger partial charge on any atom is 0.328 e. The van der Waals surface area contributed by atoms with Gasteiger partial charge in [-0.05, 0) is 45.1 Å². The van der Waals surface area contributed by atoms with Gasteiger partial charge in [0.1, 0.15) is 6.04 Å². The zero-order chi connectivity index (χ0) is 19.4. The lowest BCUT2D eigenvalue weighted by molar-refractivity contribution is -0.145. The van der Waals surface area contributed by atoms with Crippen LogP contribution < -0.4 is 5.32 Å². The smallest absolute Gasteiger partial charge is 0.328 e. The number of esters is 1. The molecular formula is C19H28N4O3. The van der Waals surface area contributed by atoms with Crippen LogP contribution in [0.3, 0.4) is 0 Å². The van der Waals surface area contributed by atoms with Crippen LogP contribution in [0.5, 0.6) is 0 Å². The van der Waals surface area contributed by atoms with Gasteiger partial charge in [-0.25, -0.2) is 14.3 Å². The van der Waals surface area contributed by atoms with Gasteiger partial charge in [-0.2, -0.15) is 5.10 Å². The number of rotatable bonds is 7. The summed E-state index contributed by atoms with van der Waals surface area (Å²) in [6.07, 6.45) is 1.37. The standard InChI is InChI=1S/C19H28N4O3/c1-11(2)9-16(19(25)26-6)21-18(24)8-7-15-13(4)20-17-10-12(3)22-23(17)14(15)5/h10-11,16H,7-9H2,1-6H3,(H,21,24)/t16-/m0/s1. The number of aromatic nitrogens is 3. The summed E-state index contributed by atoms with van der Waals surface area (Å²) in [5.74, 6) is -0.301. The second kappa shape index (κ2) is 8.29. The minimum absolute atomic E-state index is 0.170. The molecule has 7 nitrogen and oxygen atoms in total. The van der Waals surface area contributed by atoms with E-state index in [1.165, 1.54) is 7.11 Å². The molecule has 2 aromatic heterocycles. The molecule has 0 spiro atoms. The molecule has 26 heavy (non-hydrogen) atoms. The van der Waals surface area contributed by atoms with E-state index in [0.717, 1.165) is 28.3 Å². The number of nitrogens with zero attached hydrogens (tertiary/aromatic N) is 3. The number of carbonyl (C=O) groups excluding carboxylic acids is 2. The first kappa shape index (κ1) is 19.9. The molecule has 0 aliphatic heterocycles. The Morgan fingerprint density at radius 1 is 1.27 bits per heavy atom. The Kier molecular flexibility index (Phi) is 6.34. The van der Waals surface area contributed by atoms with E-state index in [0.29, 0.717) is 12.8 Å². The van der Waals surface area contributed by atoms with E-state index in [-0.39, 0.29) is 18.2 Å². The molecule has 0 radical (unpaired) electrons. The van der Waals surface area contributed by atoms with Crippen molar-refractivity contribution < 1.29 is 14.3 Å². The molecule has 0 fully saturated rings. The summed E-state index contributed by atoms with van der Waals surface area (Å²) < 4.78 is 6.60. The van der Waals surface area contributed by atoms with Gasteiger partial charge in [-0.15, -0.1) is 0 Å². The molecule has 2 aromatic rings. The molecule has 0 unspecified atom stereocenters. The monoisotopic (exact) mass is 360 g/mol. The van der Waals surface area contributed by atoms with Crippen molar-refractivity contribution in [3.8, 4) is 0 Å². The van der Waals surface area contributed by atoms with E-state index in [1.807, 2.05) is 45.2 Å². The normalized spacial score (nSPS) is 12.4. The Hall–Kier alpha value is -2.44. The third kappa shape index (κ3) is 4.59. The van der Waals surface area contributed by atoms with E-state index in [9.17, 15) is 9.59 Å². The van der Waals surface area contributed by atoms with E-state index < -0.39 is 12.0 Å². The quantitative estimate of drug-likeness (QED) is 0.766. The molecule has 2 rings (SSSR count). The molecule has 1 atom stereocenters. The Labute approximate surface area is 154 Å². The number of carbonyl (C=O) groups is 2. The molecule has 1 amide bonds. The van der Waals surface area contributed by atoms with Crippen LogP contribution in [0.2, 0.25) is 0 Å². The predicted octanol–water partition coefficient (Wildman–Crippen LogP) is 2.29. The zero-order valence-electron chi connectivity index (χ0n) is 16.4. The van der Waals surface area contributed by atoms with Crippen LogP contribution >= 0.6 is 0 Å². The second-order valence-electron chi connectivity index (χ2n) is 7.09. The first-order chi connectivity index (χ1) is 12.2. The van der Waals surface area contributed by atoms with Gasteiger partial charge in [0.15, 0.2) is 5.65 Å². The molecule has 0 bridgehead atoms. The third-order valence-electron chi connectivity index (χ3n) is 4.42. The highest BCUT2D eigenvalue weighted by Crippen LogP contribution is 2.17. The van der Waals surface area contributed by atoms with Crippen molar-refractivity contribution in [2.75, 3.05) is 7.11 Å². The maximum absolute atomic E-state index is 12.4. The lowest BCUT2D eigenvalue weighted by atomic mass is 10.0. The highest BCUT2D eigenvalue weighted by atomic mass is 16.5. The number of aryl methyl sites for hydroxylation is 3. The van der Waals surface area contributed by atoms with Gasteiger partial charge in [0, 0.05) is 23.9 Å². The zero-order valence-corrected chi connectivity index (χ0v) is 16.4. The van der Waals surface area contributed by atoms with Gasteiger partial charge in [-0.3, -0.25) is 4.79 Å². The third-order valence-corrected chi connectivity index (χ3v) is 4.42. The Morgan fingerprint density at radius 2 is 1.96 bits per heavy atom. The lowest BCUT2D eigenvalue weighted by Gasteiger charge is -2.18. The van der Waals surface area contributed by atoms with Crippen molar-refractivity contribution in [2.45, 2.75) is 59.9 Å². The maximum atomic E-state index is 12.4. The van der Waals surface area contributed by atoms with E-state index >= 15 is 0 Å². The fraction of sp³-hybridized carbons (Fsp3) is 0.579. The molecule has 7 heteroatoms. The number of hydrogen-bond donors (Lipinski definition) is 1. The fourth-order valence-electron chi connectivity index (χ4n) is 3.14. The molecule has 142 valence electrons. The summed E-state index contributed by atoms with van der Waals surface area (Å²) in [5.41, 5.74) is 4.61. The molecule has 0 aromatic carbocycles. The van der Waals surface area contributed by atoms with Crippen LogP contribution in [0.4, 0.5) is 0 Å². The SMILES string of the molecule is COC(=O)[C@H](CC(C)C)NC(=O)CCc1c(C)nc2cc(C)nn2c1C. The second-order valence-corrected chi connectivity index (χ2v) is 7.09. The highest BCUT2D eigenvalue weighted by Gasteiger charge is 2.22. The van der Waals surface area contributed by atoms with Crippen molar-refractivity contribution in [3.05, 3.63) is 28.7 Å². The summed E-state index contributed by atoms with van der Waals surface area (Å²) in [7, 11) is 1.33. The van der Waals surface area contributed by atoms with Crippen LogP contribution in [0.25, 0.3) is 5.65 Å². The first-order valence-corrected chi connectivity index (χ1v) is 8.92. The van der Waals surface area contributed by atoms with E-state index in [2.05, 4.69) is 15.4 Å². The van der Waals surface area contributed by atoms with Crippen molar-refractivity contribution in [2.24, 2.45) is 5.92 Å². The molecule has 0 aliphatic carbocycles. The fourth-order valence-corrected chi connectivity index (χ4v) is 3.14. The molecule has 1 N–H and O–H groups in total. The van der Waals surface area contributed by atoms with Gasteiger partial charge in [0.25, 0.3) is 0 Å². The summed E-state index contributed by atoms with van der Waals surface area (Å²) in [6, 6.07) is 1.33. The van der Waals surface area contributed by atoms with Crippen LogP contribution in [0.1, 0.15) is 49.3 Å². The van der Waals surface area contributed by atoms with Crippen LogP contribution in [-0.4, -0.2) is 39.6 Å². The Bertz CT molecular complexity index is 811. The number of amides is 1. The van der Waals surface area contributed by atoms with Crippen LogP contribution in [0.15, 0.2) is 6.07 Å². The summed E-state index contributed by atoms with van der Waals surface area (Å²) in [6.45, 7) is 9.86. The number of methoxy groups -OCH3 is 1. The Morgan fingerprint density at radius 3 is 2.58 bits per heavy atom. The van der Waals surface area contributed by atoms with Crippen molar-refractivity contribution in [1.29, 1.82) is 0 Å². The Balaban J connectivity index is 2.09. The molecular weight excluding hydrogens is 332 g/mol. The summed E-state index contributed by atoms with van der Waals surface area (Å²) in [5, 5.41) is 7.24. The first-order valence-electron chi connectivity index (χ1n) is 8.92. The van der Waals surface area contributed by atoms with Crippen molar-refractivity contribution in [1.82, 2.24) is 19.9 Å². The summed E-state index contributed by atoms with van der Waals surface area (Å²) in [4.78, 5) is 28.8. The van der Waals surface area contributed by atoms with Crippen LogP contribution in [-0.2, 0) is 20.7 Å². The van der Waals surface area contributed by atoms with E-state index in [4.69, 9.17) is 4.74 Å². The number of ether oxygens (including phenoxy) is 1. The van der Waals surface area contributed by atoms with Crippen molar-refractivity contribution >= 4 is 17.5 Å².